The number of morpholine rings is 1. The zero-order valence-electron chi connectivity index (χ0n) is 13.9. The molecule has 0 saturated carbocycles. The molecule has 1 fully saturated rings. The summed E-state index contributed by atoms with van der Waals surface area (Å²) in [6.07, 6.45) is 0.303. The van der Waals surface area contributed by atoms with Gasteiger partial charge in [0.25, 0.3) is 5.91 Å². The number of nitrogens with zero attached hydrogens (tertiary/aromatic N) is 4. The lowest BCUT2D eigenvalue weighted by atomic mass is 10.0. The first kappa shape index (κ1) is 16.4. The number of aromatic nitrogens is 3. The van der Waals surface area contributed by atoms with Gasteiger partial charge in [-0.25, -0.2) is 4.68 Å². The Labute approximate surface area is 139 Å². The van der Waals surface area contributed by atoms with Gasteiger partial charge in [-0.2, -0.15) is 0 Å². The second kappa shape index (κ2) is 6.56. The molecule has 2 aromatic rings. The zero-order chi connectivity index (χ0) is 17.2. The van der Waals surface area contributed by atoms with E-state index in [1.807, 2.05) is 24.3 Å². The number of fused-ring (bicyclic) bond motifs is 1. The highest BCUT2D eigenvalue weighted by atomic mass is 16.5. The molecule has 24 heavy (non-hydrogen) atoms. The molecule has 1 unspecified atom stereocenters. The summed E-state index contributed by atoms with van der Waals surface area (Å²) in [6.45, 7) is 3.25. The zero-order valence-corrected chi connectivity index (χ0v) is 13.9. The highest BCUT2D eigenvalue weighted by molar-refractivity contribution is 5.86. The van der Waals surface area contributed by atoms with Crippen LogP contribution in [-0.2, 0) is 20.9 Å². The molecule has 2 heterocycles. The molecule has 1 saturated heterocycles. The molecule has 2 amide bonds. The van der Waals surface area contributed by atoms with Gasteiger partial charge in [0.05, 0.1) is 25.2 Å². The minimum atomic E-state index is -0.997. The molecule has 0 bridgehead atoms. The first-order valence-corrected chi connectivity index (χ1v) is 7.96. The van der Waals surface area contributed by atoms with Gasteiger partial charge < -0.3 is 15.0 Å². The summed E-state index contributed by atoms with van der Waals surface area (Å²) in [5.74, 6) is -0.240. The van der Waals surface area contributed by atoms with Crippen LogP contribution in [0, 0.1) is 0 Å². The van der Waals surface area contributed by atoms with Crippen molar-refractivity contribution < 1.29 is 14.3 Å². The molecular formula is C16H21N5O3. The van der Waals surface area contributed by atoms with Crippen molar-refractivity contribution in [1.29, 1.82) is 0 Å². The van der Waals surface area contributed by atoms with Crippen LogP contribution in [-0.4, -0.2) is 64.1 Å². The van der Waals surface area contributed by atoms with Gasteiger partial charge in [-0.15, -0.1) is 5.10 Å². The molecule has 0 spiro atoms. The minimum Gasteiger partial charge on any atom is -0.362 e. The second-order valence-electron chi connectivity index (χ2n) is 6.03. The Balaban J connectivity index is 1.63. The fraction of sp³-hybridized carbons (Fsp3) is 0.500. The first-order chi connectivity index (χ1) is 11.5. The van der Waals surface area contributed by atoms with E-state index in [0.29, 0.717) is 26.1 Å². The molecule has 8 heteroatoms. The fourth-order valence-corrected chi connectivity index (χ4v) is 2.93. The van der Waals surface area contributed by atoms with E-state index in [0.717, 1.165) is 11.0 Å². The lowest BCUT2D eigenvalue weighted by molar-refractivity contribution is -0.162. The van der Waals surface area contributed by atoms with Crippen LogP contribution in [0.15, 0.2) is 24.3 Å². The number of hydrogen-bond acceptors (Lipinski definition) is 5. The molecule has 1 aromatic carbocycles. The van der Waals surface area contributed by atoms with E-state index in [1.54, 1.807) is 23.6 Å². The van der Waals surface area contributed by atoms with Crippen LogP contribution in [0.2, 0.25) is 0 Å². The third-order valence-corrected chi connectivity index (χ3v) is 4.29. The van der Waals surface area contributed by atoms with Crippen molar-refractivity contribution in [2.75, 3.05) is 26.7 Å². The molecular weight excluding hydrogens is 310 g/mol. The van der Waals surface area contributed by atoms with Crippen LogP contribution in [0.4, 0.5) is 0 Å². The number of nitrogens with one attached hydrogen (secondary N) is 1. The van der Waals surface area contributed by atoms with Crippen molar-refractivity contribution >= 4 is 22.8 Å². The molecule has 128 valence electrons. The predicted molar refractivity (Wildman–Crippen MR) is 87.1 cm³/mol. The standard InChI is InChI=1S/C16H21N5O3/c1-16(15(23)17-2)11-20(9-10-24-16)14(22)7-8-21-13-6-4-3-5-12(13)18-19-21/h3-6H,7-11H2,1-2H3,(H,17,23). The second-order valence-corrected chi connectivity index (χ2v) is 6.03. The van der Waals surface area contributed by atoms with Gasteiger partial charge in [-0.05, 0) is 19.1 Å². The number of rotatable bonds is 4. The van der Waals surface area contributed by atoms with Gasteiger partial charge in [-0.1, -0.05) is 17.3 Å². The van der Waals surface area contributed by atoms with Crippen LogP contribution in [0.5, 0.6) is 0 Å². The number of amides is 2. The fourth-order valence-electron chi connectivity index (χ4n) is 2.93. The highest BCUT2D eigenvalue weighted by Gasteiger charge is 2.40. The van der Waals surface area contributed by atoms with Gasteiger partial charge >= 0.3 is 0 Å². The first-order valence-electron chi connectivity index (χ1n) is 7.96. The van der Waals surface area contributed by atoms with Gasteiger partial charge in [-0.3, -0.25) is 9.59 Å². The average Bonchev–Trinajstić information content (AvgIpc) is 3.02. The van der Waals surface area contributed by atoms with E-state index in [4.69, 9.17) is 4.74 Å². The highest BCUT2D eigenvalue weighted by Crippen LogP contribution is 2.19. The maximum Gasteiger partial charge on any atom is 0.253 e. The number of likely N-dealkylation sites (N-methyl/N-ethyl adjacent to an activating group) is 1. The average molecular weight is 331 g/mol. The molecule has 1 aliphatic heterocycles. The summed E-state index contributed by atoms with van der Waals surface area (Å²) < 4.78 is 7.30. The van der Waals surface area contributed by atoms with Crippen LogP contribution in [0.1, 0.15) is 13.3 Å². The van der Waals surface area contributed by atoms with E-state index >= 15 is 0 Å². The lowest BCUT2D eigenvalue weighted by Crippen LogP contribution is -2.58. The summed E-state index contributed by atoms with van der Waals surface area (Å²) in [5, 5.41) is 10.8. The monoisotopic (exact) mass is 331 g/mol. The molecule has 1 aliphatic rings. The summed E-state index contributed by atoms with van der Waals surface area (Å²) in [4.78, 5) is 26.1. The van der Waals surface area contributed by atoms with Crippen molar-refractivity contribution in [1.82, 2.24) is 25.2 Å². The van der Waals surface area contributed by atoms with Crippen LogP contribution in [0.25, 0.3) is 11.0 Å². The van der Waals surface area contributed by atoms with Crippen LogP contribution < -0.4 is 5.32 Å². The number of hydrogen-bond donors (Lipinski definition) is 1. The summed E-state index contributed by atoms with van der Waals surface area (Å²) >= 11 is 0. The van der Waals surface area contributed by atoms with E-state index in [2.05, 4.69) is 15.6 Å². The third-order valence-electron chi connectivity index (χ3n) is 4.29. The molecule has 0 radical (unpaired) electrons. The van der Waals surface area contributed by atoms with E-state index in [9.17, 15) is 9.59 Å². The van der Waals surface area contributed by atoms with E-state index in [-0.39, 0.29) is 18.4 Å². The van der Waals surface area contributed by atoms with Crippen molar-refractivity contribution in [3.05, 3.63) is 24.3 Å². The maximum absolute atomic E-state index is 12.5. The number of ether oxygens (including phenoxy) is 1. The molecule has 3 rings (SSSR count). The van der Waals surface area contributed by atoms with Gasteiger partial charge in [0.2, 0.25) is 5.91 Å². The van der Waals surface area contributed by atoms with Crippen molar-refractivity contribution in [3.63, 3.8) is 0 Å². The smallest absolute Gasteiger partial charge is 0.253 e. The Hall–Kier alpha value is -2.48. The quantitative estimate of drug-likeness (QED) is 0.863. The number of aryl methyl sites for hydroxylation is 1. The lowest BCUT2D eigenvalue weighted by Gasteiger charge is -2.39. The molecule has 1 atom stereocenters. The SMILES string of the molecule is CNC(=O)C1(C)CN(C(=O)CCn2nnc3ccccc32)CCO1. The Morgan fingerprint density at radius 3 is 2.96 bits per heavy atom. The van der Waals surface area contributed by atoms with Crippen LogP contribution >= 0.6 is 0 Å². The Bertz CT molecular complexity index is 759. The molecule has 1 N–H and O–H groups in total. The van der Waals surface area contributed by atoms with Crippen molar-refractivity contribution in [3.8, 4) is 0 Å². The van der Waals surface area contributed by atoms with E-state index < -0.39 is 5.60 Å². The third kappa shape index (κ3) is 3.09. The Kier molecular flexibility index (Phi) is 4.48. The van der Waals surface area contributed by atoms with E-state index in [1.165, 1.54) is 0 Å². The largest absolute Gasteiger partial charge is 0.362 e. The Morgan fingerprint density at radius 2 is 2.17 bits per heavy atom. The normalized spacial score (nSPS) is 21.0. The minimum absolute atomic E-state index is 0.0204. The van der Waals surface area contributed by atoms with Crippen molar-refractivity contribution in [2.24, 2.45) is 0 Å². The molecule has 8 nitrogen and oxygen atoms in total. The number of para-hydroxylation sites is 1. The van der Waals surface area contributed by atoms with Gasteiger partial charge in [0.1, 0.15) is 5.52 Å². The number of carbonyl (C=O) groups is 2. The topological polar surface area (TPSA) is 89.4 Å². The number of carbonyl (C=O) groups excluding carboxylic acids is 2. The molecule has 1 aromatic heterocycles. The van der Waals surface area contributed by atoms with Crippen LogP contribution in [0.3, 0.4) is 0 Å². The van der Waals surface area contributed by atoms with Crippen molar-refractivity contribution in [2.45, 2.75) is 25.5 Å². The summed E-state index contributed by atoms with van der Waals surface area (Å²) in [5.41, 5.74) is 0.716. The predicted octanol–water partition coefficient (Wildman–Crippen LogP) is 0.185. The van der Waals surface area contributed by atoms with Gasteiger partial charge in [0, 0.05) is 20.0 Å². The number of benzene rings is 1. The summed E-state index contributed by atoms with van der Waals surface area (Å²) in [7, 11) is 1.56. The Morgan fingerprint density at radius 1 is 1.38 bits per heavy atom. The maximum atomic E-state index is 12.5. The summed E-state index contributed by atoms with van der Waals surface area (Å²) in [6, 6.07) is 7.63. The molecule has 0 aliphatic carbocycles. The van der Waals surface area contributed by atoms with Gasteiger partial charge in [0.15, 0.2) is 5.60 Å².